The molecule has 1 aliphatic heterocycles. The summed E-state index contributed by atoms with van der Waals surface area (Å²) < 4.78 is 0. The molecule has 1 heterocycles. The average Bonchev–Trinajstić information content (AvgIpc) is 2.08. The van der Waals surface area contributed by atoms with Crippen LogP contribution in [0.1, 0.15) is 12.8 Å². The first-order chi connectivity index (χ1) is 5.65. The van der Waals surface area contributed by atoms with E-state index in [1.807, 2.05) is 4.84 Å². The van der Waals surface area contributed by atoms with Crippen molar-refractivity contribution in [3.63, 3.8) is 0 Å². The SMILES string of the molecule is CN1N=C(C(=O)NCl)CCC1=O. The molecule has 0 fully saturated rings. The minimum Gasteiger partial charge on any atom is -0.273 e. The van der Waals surface area contributed by atoms with Crippen molar-refractivity contribution < 1.29 is 9.59 Å². The van der Waals surface area contributed by atoms with E-state index in [-0.39, 0.29) is 11.6 Å². The second kappa shape index (κ2) is 3.53. The van der Waals surface area contributed by atoms with Crippen LogP contribution >= 0.6 is 11.8 Å². The molecule has 0 bridgehead atoms. The van der Waals surface area contributed by atoms with Gasteiger partial charge in [-0.2, -0.15) is 5.10 Å². The number of carbonyl (C=O) groups excluding carboxylic acids is 2. The number of nitrogens with zero attached hydrogens (tertiary/aromatic N) is 2. The Labute approximate surface area is 74.5 Å². The lowest BCUT2D eigenvalue weighted by molar-refractivity contribution is -0.130. The second-order valence-corrected chi connectivity index (χ2v) is 2.58. The van der Waals surface area contributed by atoms with Gasteiger partial charge >= 0.3 is 0 Å². The highest BCUT2D eigenvalue weighted by Gasteiger charge is 2.21. The van der Waals surface area contributed by atoms with Gasteiger partial charge in [-0.25, -0.2) is 5.01 Å². The maximum absolute atomic E-state index is 10.9. The Balaban J connectivity index is 2.74. The van der Waals surface area contributed by atoms with Crippen LogP contribution in [0.3, 0.4) is 0 Å². The molecule has 5 nitrogen and oxygen atoms in total. The number of halogens is 1. The third-order valence-electron chi connectivity index (χ3n) is 1.56. The zero-order valence-corrected chi connectivity index (χ0v) is 7.26. The van der Waals surface area contributed by atoms with Gasteiger partial charge in [-0.3, -0.25) is 14.4 Å². The molecule has 0 aromatic carbocycles. The zero-order chi connectivity index (χ0) is 9.14. The van der Waals surface area contributed by atoms with Gasteiger partial charge in [-0.15, -0.1) is 0 Å². The van der Waals surface area contributed by atoms with E-state index in [0.717, 1.165) is 5.01 Å². The van der Waals surface area contributed by atoms with Crippen LogP contribution < -0.4 is 4.84 Å². The predicted molar refractivity (Wildman–Crippen MR) is 43.4 cm³/mol. The summed E-state index contributed by atoms with van der Waals surface area (Å²) in [5, 5.41) is 4.88. The van der Waals surface area contributed by atoms with E-state index in [1.54, 1.807) is 0 Å². The highest BCUT2D eigenvalue weighted by Crippen LogP contribution is 2.06. The highest BCUT2D eigenvalue weighted by atomic mass is 35.5. The van der Waals surface area contributed by atoms with Crippen molar-refractivity contribution in [3.8, 4) is 0 Å². The van der Waals surface area contributed by atoms with Gasteiger partial charge in [0.25, 0.3) is 5.91 Å². The lowest BCUT2D eigenvalue weighted by Crippen LogP contribution is -2.34. The van der Waals surface area contributed by atoms with E-state index in [9.17, 15) is 9.59 Å². The van der Waals surface area contributed by atoms with E-state index in [0.29, 0.717) is 12.8 Å². The molecule has 0 spiro atoms. The van der Waals surface area contributed by atoms with Crippen molar-refractivity contribution in [1.29, 1.82) is 0 Å². The summed E-state index contributed by atoms with van der Waals surface area (Å²) in [4.78, 5) is 23.7. The summed E-state index contributed by atoms with van der Waals surface area (Å²) in [6.45, 7) is 0. The molecule has 12 heavy (non-hydrogen) atoms. The second-order valence-electron chi connectivity index (χ2n) is 2.39. The van der Waals surface area contributed by atoms with E-state index >= 15 is 0 Å². The summed E-state index contributed by atoms with van der Waals surface area (Å²) in [7, 11) is 1.50. The van der Waals surface area contributed by atoms with Crippen LogP contribution in [-0.2, 0) is 9.59 Å². The van der Waals surface area contributed by atoms with E-state index in [2.05, 4.69) is 5.10 Å². The van der Waals surface area contributed by atoms with Crippen LogP contribution in [0.4, 0.5) is 0 Å². The molecule has 0 unspecified atom stereocenters. The molecular weight excluding hydrogens is 182 g/mol. The van der Waals surface area contributed by atoms with Crippen LogP contribution in [0.2, 0.25) is 0 Å². The standard InChI is InChI=1S/C6H8ClN3O2/c1-10-5(11)3-2-4(9-10)6(12)8-7/h2-3H2,1H3,(H,8,12). The van der Waals surface area contributed by atoms with Gasteiger partial charge in [0.15, 0.2) is 0 Å². The smallest absolute Gasteiger partial charge is 0.273 e. The molecule has 0 aromatic rings. The third kappa shape index (κ3) is 1.73. The van der Waals surface area contributed by atoms with Crippen molar-refractivity contribution in [3.05, 3.63) is 0 Å². The van der Waals surface area contributed by atoms with Crippen LogP contribution in [0, 0.1) is 0 Å². The summed E-state index contributed by atoms with van der Waals surface area (Å²) in [5.41, 5.74) is 0.284. The third-order valence-corrected chi connectivity index (χ3v) is 1.73. The fraction of sp³-hybridized carbons (Fsp3) is 0.500. The monoisotopic (exact) mass is 189 g/mol. The molecule has 1 aliphatic rings. The van der Waals surface area contributed by atoms with E-state index < -0.39 is 5.91 Å². The molecule has 0 radical (unpaired) electrons. The van der Waals surface area contributed by atoms with Gasteiger partial charge in [0.1, 0.15) is 5.71 Å². The maximum atomic E-state index is 10.9. The quantitative estimate of drug-likeness (QED) is 0.584. The fourth-order valence-corrected chi connectivity index (χ4v) is 0.997. The summed E-state index contributed by atoms with van der Waals surface area (Å²) >= 11 is 5.09. The Bertz CT molecular complexity index is 251. The van der Waals surface area contributed by atoms with Gasteiger partial charge in [-0.1, -0.05) is 0 Å². The fourth-order valence-electron chi connectivity index (χ4n) is 0.887. The number of hydrogen-bond donors (Lipinski definition) is 1. The van der Waals surface area contributed by atoms with Gasteiger partial charge < -0.3 is 0 Å². The molecule has 0 saturated carbocycles. The predicted octanol–water partition coefficient (Wildman–Crippen LogP) is -0.135. The molecule has 6 heteroatoms. The first-order valence-corrected chi connectivity index (χ1v) is 3.78. The Kier molecular flexibility index (Phi) is 2.65. The largest absolute Gasteiger partial charge is 0.281 e. The Morgan fingerprint density at radius 1 is 1.67 bits per heavy atom. The molecule has 0 saturated heterocycles. The number of carbonyl (C=O) groups is 2. The topological polar surface area (TPSA) is 61.8 Å². The lowest BCUT2D eigenvalue weighted by Gasteiger charge is -2.17. The van der Waals surface area contributed by atoms with Crippen LogP contribution in [0.15, 0.2) is 5.10 Å². The number of amides is 2. The summed E-state index contributed by atoms with van der Waals surface area (Å²) in [6.07, 6.45) is 0.654. The van der Waals surface area contributed by atoms with Crippen LogP contribution in [0.5, 0.6) is 0 Å². The first kappa shape index (κ1) is 8.99. The minimum atomic E-state index is -0.448. The maximum Gasteiger partial charge on any atom is 0.281 e. The van der Waals surface area contributed by atoms with Gasteiger partial charge in [0, 0.05) is 31.7 Å². The van der Waals surface area contributed by atoms with Crippen LogP contribution in [-0.4, -0.2) is 29.6 Å². The van der Waals surface area contributed by atoms with Gasteiger partial charge in [0.05, 0.1) is 0 Å². The summed E-state index contributed by atoms with van der Waals surface area (Å²) in [5.74, 6) is -0.544. The molecule has 0 atom stereocenters. The first-order valence-electron chi connectivity index (χ1n) is 3.40. The normalized spacial score (nSPS) is 17.3. The molecule has 0 aromatic heterocycles. The van der Waals surface area contributed by atoms with Gasteiger partial charge in [-0.05, 0) is 0 Å². The number of hydrogen-bond acceptors (Lipinski definition) is 3. The molecular formula is C6H8ClN3O2. The van der Waals surface area contributed by atoms with Crippen molar-refractivity contribution in [2.75, 3.05) is 7.05 Å². The molecule has 1 N–H and O–H groups in total. The van der Waals surface area contributed by atoms with Crippen molar-refractivity contribution in [2.45, 2.75) is 12.8 Å². The highest BCUT2D eigenvalue weighted by molar-refractivity contribution is 6.45. The number of hydrazone groups is 1. The number of rotatable bonds is 1. The van der Waals surface area contributed by atoms with Gasteiger partial charge in [0.2, 0.25) is 5.91 Å². The molecule has 0 aliphatic carbocycles. The minimum absolute atomic E-state index is 0.0962. The number of nitrogens with one attached hydrogen (secondary N) is 1. The molecule has 66 valence electrons. The van der Waals surface area contributed by atoms with E-state index in [4.69, 9.17) is 11.8 Å². The van der Waals surface area contributed by atoms with E-state index in [1.165, 1.54) is 7.05 Å². The Hall–Kier alpha value is -1.10. The lowest BCUT2D eigenvalue weighted by atomic mass is 10.1. The summed E-state index contributed by atoms with van der Waals surface area (Å²) in [6, 6.07) is 0. The zero-order valence-electron chi connectivity index (χ0n) is 6.50. The van der Waals surface area contributed by atoms with Crippen LogP contribution in [0.25, 0.3) is 0 Å². The van der Waals surface area contributed by atoms with Crippen molar-refractivity contribution in [2.24, 2.45) is 5.10 Å². The average molecular weight is 190 g/mol. The Morgan fingerprint density at radius 3 is 2.83 bits per heavy atom. The van der Waals surface area contributed by atoms with Crippen molar-refractivity contribution >= 4 is 29.3 Å². The molecule has 1 rings (SSSR count). The Morgan fingerprint density at radius 2 is 2.33 bits per heavy atom. The molecule has 2 amide bonds. The van der Waals surface area contributed by atoms with Crippen molar-refractivity contribution in [1.82, 2.24) is 9.84 Å².